The number of hydrogen-bond donors (Lipinski definition) is 0. The monoisotopic (exact) mass is 329 g/mol. The highest BCUT2D eigenvalue weighted by Crippen LogP contribution is 2.29. The molecule has 0 N–H and O–H groups in total. The van der Waals surface area contributed by atoms with E-state index in [-0.39, 0.29) is 11.9 Å². The Labute approximate surface area is 139 Å². The normalized spacial score (nSPS) is 22.3. The molecule has 0 spiro atoms. The van der Waals surface area contributed by atoms with Crippen LogP contribution < -0.4 is 0 Å². The van der Waals surface area contributed by atoms with E-state index in [0.29, 0.717) is 16.5 Å². The number of amides is 1. The molecule has 1 unspecified atom stereocenters. The molecular formula is C16H19N5OS. The number of carbonyl (C=O) groups is 1. The summed E-state index contributed by atoms with van der Waals surface area (Å²) in [6.45, 7) is 4.85. The van der Waals surface area contributed by atoms with Gasteiger partial charge in [-0.05, 0) is 25.8 Å². The summed E-state index contributed by atoms with van der Waals surface area (Å²) in [6, 6.07) is 2.76. The molecule has 2 aromatic heterocycles. The summed E-state index contributed by atoms with van der Waals surface area (Å²) in [6.07, 6.45) is 6.00. The standard InChI is InChI=1S/C16H19N5OS/c1-11-9-20(12-3-4-12)7-8-21(11)16(22)13-10-23-15(19-13)14-17-5-2-6-18-14/h2,5-6,10-12H,3-4,7-9H2,1H3. The van der Waals surface area contributed by atoms with Gasteiger partial charge in [-0.2, -0.15) is 0 Å². The molecule has 1 aliphatic carbocycles. The molecule has 0 aromatic carbocycles. The fourth-order valence-electron chi connectivity index (χ4n) is 3.09. The van der Waals surface area contributed by atoms with E-state index in [4.69, 9.17) is 0 Å². The number of carbonyl (C=O) groups excluding carboxylic acids is 1. The number of piperazine rings is 1. The van der Waals surface area contributed by atoms with Crippen LogP contribution in [0, 0.1) is 0 Å². The van der Waals surface area contributed by atoms with Crippen LogP contribution >= 0.6 is 11.3 Å². The van der Waals surface area contributed by atoms with Gasteiger partial charge in [0.05, 0.1) is 0 Å². The fraction of sp³-hybridized carbons (Fsp3) is 0.500. The van der Waals surface area contributed by atoms with Crippen LogP contribution in [-0.2, 0) is 0 Å². The minimum Gasteiger partial charge on any atom is -0.332 e. The van der Waals surface area contributed by atoms with Crippen LogP contribution in [0.1, 0.15) is 30.3 Å². The van der Waals surface area contributed by atoms with Gasteiger partial charge in [0.15, 0.2) is 10.8 Å². The Morgan fingerprint density at radius 3 is 2.74 bits per heavy atom. The van der Waals surface area contributed by atoms with Gasteiger partial charge in [-0.3, -0.25) is 9.69 Å². The minimum atomic E-state index is 0.0198. The summed E-state index contributed by atoms with van der Waals surface area (Å²) in [5, 5.41) is 2.51. The van der Waals surface area contributed by atoms with Gasteiger partial charge >= 0.3 is 0 Å². The lowest BCUT2D eigenvalue weighted by Gasteiger charge is -2.39. The summed E-state index contributed by atoms with van der Waals surface area (Å²) in [5.74, 6) is 0.592. The van der Waals surface area contributed by atoms with Crippen LogP contribution in [0.5, 0.6) is 0 Å². The van der Waals surface area contributed by atoms with E-state index < -0.39 is 0 Å². The van der Waals surface area contributed by atoms with Crippen LogP contribution in [0.15, 0.2) is 23.8 Å². The van der Waals surface area contributed by atoms with E-state index in [0.717, 1.165) is 25.7 Å². The number of aromatic nitrogens is 3. The Morgan fingerprint density at radius 2 is 2.04 bits per heavy atom. The predicted molar refractivity (Wildman–Crippen MR) is 88.2 cm³/mol. The van der Waals surface area contributed by atoms with Gasteiger partial charge < -0.3 is 4.90 Å². The van der Waals surface area contributed by atoms with Crippen molar-refractivity contribution in [1.29, 1.82) is 0 Å². The second-order valence-corrected chi connectivity index (χ2v) is 7.04. The Balaban J connectivity index is 1.48. The molecule has 0 bridgehead atoms. The molecule has 1 aliphatic heterocycles. The lowest BCUT2D eigenvalue weighted by Crippen LogP contribution is -2.54. The number of rotatable bonds is 3. The maximum absolute atomic E-state index is 12.8. The highest BCUT2D eigenvalue weighted by Gasteiger charge is 2.36. The predicted octanol–water partition coefficient (Wildman–Crippen LogP) is 1.91. The van der Waals surface area contributed by atoms with E-state index in [9.17, 15) is 4.79 Å². The number of hydrogen-bond acceptors (Lipinski definition) is 6. The first kappa shape index (κ1) is 14.7. The minimum absolute atomic E-state index is 0.0198. The first-order valence-corrected chi connectivity index (χ1v) is 8.88. The quantitative estimate of drug-likeness (QED) is 0.861. The van der Waals surface area contributed by atoms with Gasteiger partial charge in [0.2, 0.25) is 0 Å². The van der Waals surface area contributed by atoms with Gasteiger partial charge in [-0.25, -0.2) is 15.0 Å². The summed E-state index contributed by atoms with van der Waals surface area (Å²) in [7, 11) is 0. The van der Waals surface area contributed by atoms with Gasteiger partial charge in [0.1, 0.15) is 5.69 Å². The van der Waals surface area contributed by atoms with Gasteiger partial charge in [-0.1, -0.05) is 0 Å². The van der Waals surface area contributed by atoms with Crippen molar-refractivity contribution in [1.82, 2.24) is 24.8 Å². The largest absolute Gasteiger partial charge is 0.332 e. The van der Waals surface area contributed by atoms with E-state index in [1.54, 1.807) is 18.5 Å². The highest BCUT2D eigenvalue weighted by molar-refractivity contribution is 7.13. The molecule has 0 radical (unpaired) electrons. The van der Waals surface area contributed by atoms with Gasteiger partial charge in [0.25, 0.3) is 5.91 Å². The zero-order chi connectivity index (χ0) is 15.8. The van der Waals surface area contributed by atoms with Crippen molar-refractivity contribution in [3.63, 3.8) is 0 Å². The van der Waals surface area contributed by atoms with Crippen molar-refractivity contribution in [2.24, 2.45) is 0 Å². The van der Waals surface area contributed by atoms with E-state index in [2.05, 4.69) is 26.8 Å². The van der Waals surface area contributed by atoms with Crippen molar-refractivity contribution >= 4 is 17.2 Å². The third-order valence-electron chi connectivity index (χ3n) is 4.46. The molecule has 6 nitrogen and oxygen atoms in total. The summed E-state index contributed by atoms with van der Waals surface area (Å²) in [5.41, 5.74) is 0.504. The summed E-state index contributed by atoms with van der Waals surface area (Å²) in [4.78, 5) is 30.0. The van der Waals surface area contributed by atoms with Gasteiger partial charge in [0, 0.05) is 49.5 Å². The molecule has 1 saturated carbocycles. The topological polar surface area (TPSA) is 62.2 Å². The Morgan fingerprint density at radius 1 is 1.26 bits per heavy atom. The van der Waals surface area contributed by atoms with E-state index in [1.807, 2.05) is 10.3 Å². The molecule has 2 aliphatic rings. The third-order valence-corrected chi connectivity index (χ3v) is 5.30. The summed E-state index contributed by atoms with van der Waals surface area (Å²) >= 11 is 1.42. The molecule has 1 saturated heterocycles. The highest BCUT2D eigenvalue weighted by atomic mass is 32.1. The van der Waals surface area contributed by atoms with Crippen LogP contribution in [0.25, 0.3) is 10.8 Å². The zero-order valence-corrected chi connectivity index (χ0v) is 13.9. The summed E-state index contributed by atoms with van der Waals surface area (Å²) < 4.78 is 0. The fourth-order valence-corrected chi connectivity index (χ4v) is 3.83. The van der Waals surface area contributed by atoms with E-state index >= 15 is 0 Å². The molecule has 2 aromatic rings. The lowest BCUT2D eigenvalue weighted by atomic mass is 10.1. The molecule has 4 rings (SSSR count). The van der Waals surface area contributed by atoms with Crippen molar-refractivity contribution in [2.45, 2.75) is 31.8 Å². The SMILES string of the molecule is CC1CN(C2CC2)CCN1C(=O)c1csc(-c2ncccn2)n1. The molecular weight excluding hydrogens is 310 g/mol. The molecule has 23 heavy (non-hydrogen) atoms. The van der Waals surface area contributed by atoms with Crippen molar-refractivity contribution < 1.29 is 4.79 Å². The maximum Gasteiger partial charge on any atom is 0.273 e. The third kappa shape index (κ3) is 2.98. The van der Waals surface area contributed by atoms with Gasteiger partial charge in [-0.15, -0.1) is 11.3 Å². The number of thiazole rings is 1. The average Bonchev–Trinajstić information content (AvgIpc) is 3.32. The van der Waals surface area contributed by atoms with Crippen molar-refractivity contribution in [2.75, 3.05) is 19.6 Å². The molecule has 1 amide bonds. The van der Waals surface area contributed by atoms with Crippen LogP contribution in [0.2, 0.25) is 0 Å². The number of nitrogens with zero attached hydrogens (tertiary/aromatic N) is 5. The Hall–Kier alpha value is -1.86. The average molecular weight is 329 g/mol. The first-order chi connectivity index (χ1) is 11.2. The van der Waals surface area contributed by atoms with Crippen molar-refractivity contribution in [3.8, 4) is 10.8 Å². The first-order valence-electron chi connectivity index (χ1n) is 8.00. The van der Waals surface area contributed by atoms with Crippen LogP contribution in [0.4, 0.5) is 0 Å². The molecule has 120 valence electrons. The molecule has 2 fully saturated rings. The Kier molecular flexibility index (Phi) is 3.82. The molecule has 7 heteroatoms. The Bertz CT molecular complexity index is 700. The molecule has 1 atom stereocenters. The zero-order valence-electron chi connectivity index (χ0n) is 13.1. The van der Waals surface area contributed by atoms with Crippen LogP contribution in [0.3, 0.4) is 0 Å². The maximum atomic E-state index is 12.8. The smallest absolute Gasteiger partial charge is 0.273 e. The second kappa shape index (κ2) is 5.98. The lowest BCUT2D eigenvalue weighted by molar-refractivity contribution is 0.0469. The van der Waals surface area contributed by atoms with Crippen molar-refractivity contribution in [3.05, 3.63) is 29.5 Å². The second-order valence-electron chi connectivity index (χ2n) is 6.18. The van der Waals surface area contributed by atoms with Crippen LogP contribution in [-0.4, -0.2) is 62.4 Å². The van der Waals surface area contributed by atoms with E-state index in [1.165, 1.54) is 24.2 Å². The molecule has 3 heterocycles.